The first-order chi connectivity index (χ1) is 53.1. The van der Waals surface area contributed by atoms with Gasteiger partial charge >= 0.3 is 0 Å². The molecule has 2 aromatic rings. The highest BCUT2D eigenvalue weighted by atomic mass is 32.2. The lowest BCUT2D eigenvalue weighted by atomic mass is 9.94. The van der Waals surface area contributed by atoms with E-state index in [0.717, 1.165) is 0 Å². The molecular weight excluding hydrogens is 1520 g/mol. The Kier molecular flexibility index (Phi) is 31.5. The molecule has 39 nitrogen and oxygen atoms in total. The van der Waals surface area contributed by atoms with Gasteiger partial charge in [-0.05, 0) is 41.8 Å². The van der Waals surface area contributed by atoms with Gasteiger partial charge in [0.15, 0.2) is 44.0 Å². The first-order valence-electron chi connectivity index (χ1n) is 35.7. The molecule has 0 spiro atoms. The first-order valence-corrected chi connectivity index (χ1v) is 38.5. The van der Waals surface area contributed by atoms with E-state index in [9.17, 15) is 42.4 Å². The van der Waals surface area contributed by atoms with Crippen LogP contribution in [0.5, 0.6) is 0 Å². The highest BCUT2D eigenvalue weighted by Crippen LogP contribution is 2.43. The Bertz CT molecular complexity index is 3340. The van der Waals surface area contributed by atoms with Crippen molar-refractivity contribution >= 4 is 20.2 Å². The van der Waals surface area contributed by atoms with Gasteiger partial charge < -0.3 is 158 Å². The normalized spacial score (nSPS) is 44.2. The fraction of sp³-hybridized carbons (Fsp3) is 0.826. The summed E-state index contributed by atoms with van der Waals surface area (Å²) in [6.45, 7) is -5.61. The Hall–Kier alpha value is -3.06. The van der Waals surface area contributed by atoms with Crippen LogP contribution < -0.4 is 0 Å². The zero-order chi connectivity index (χ0) is 79.0. The molecule has 25 rings (SSSR count). The van der Waals surface area contributed by atoms with Crippen molar-refractivity contribution in [1.82, 2.24) is 0 Å². The summed E-state index contributed by atoms with van der Waals surface area (Å²) in [7, 11) is 9.11. The fourth-order valence-corrected chi connectivity index (χ4v) is 17.8. The molecule has 35 atom stereocenters. The van der Waals surface area contributed by atoms with Crippen molar-refractivity contribution < 1.29 is 183 Å². The second kappa shape index (κ2) is 39.5. The van der Waals surface area contributed by atoms with Gasteiger partial charge in [0.1, 0.15) is 171 Å². The molecule has 110 heavy (non-hydrogen) atoms. The van der Waals surface area contributed by atoms with Crippen molar-refractivity contribution in [3.8, 4) is 0 Å². The maximum atomic E-state index is 14.6. The fourth-order valence-electron chi connectivity index (χ4n) is 16.0. The third kappa shape index (κ3) is 18.0. The monoisotopic (exact) mass is 1620 g/mol. The molecule has 41 heteroatoms. The minimum Gasteiger partial charge on any atom is -0.394 e. The standard InChI is InChI=1S/C69H106O39S2/c1-79-49-42-35(24-70)95-63(56(49)86-8)103-43-36(25-71)98-66(59(89-11)50(43)80-2)107-47-40-29-93-109(75,76)33-19-15-31(16-20-33)23-32-17-21-34(22-18-32)110(77,78)94-30-41-48(55(85-7)61(91-13)68(100-41)105-45-38(27-73)96-64(102-42)57(87-9)52(45)82-4)108-67-60(90-12)51(81-3)44(37(26-72)99-67)104-65-58(88-10)53(83-5)46(39(28-74)97-65)106-69(101-40)62(92-14)54(47)84-6/h15-22,35-74H,23-30H2,1-14H3. The number of hydrogen-bond donors (Lipinski definition) is 5. The van der Waals surface area contributed by atoms with Crippen molar-refractivity contribution in [2.75, 3.05) is 146 Å². The van der Waals surface area contributed by atoms with Crippen LogP contribution in [-0.2, 0) is 168 Å². The van der Waals surface area contributed by atoms with E-state index in [4.69, 9.17) is 141 Å². The van der Waals surface area contributed by atoms with Crippen LogP contribution in [0.15, 0.2) is 58.3 Å². The third-order valence-corrected chi connectivity index (χ3v) is 24.1. The summed E-state index contributed by atoms with van der Waals surface area (Å²) < 4.78 is 251. The molecule has 16 saturated heterocycles. The molecule has 5 N–H and O–H groups in total. The van der Waals surface area contributed by atoms with Crippen molar-refractivity contribution in [3.63, 3.8) is 0 Å². The number of aliphatic hydroxyl groups excluding tert-OH is 5. The van der Waals surface area contributed by atoms with Crippen molar-refractivity contribution in [2.45, 2.75) is 231 Å². The second-order valence-electron chi connectivity index (χ2n) is 27.2. The number of fused-ring (bicyclic) bond motifs is 2. The van der Waals surface area contributed by atoms with Gasteiger partial charge in [-0.15, -0.1) is 0 Å². The van der Waals surface area contributed by atoms with Crippen LogP contribution in [0.25, 0.3) is 0 Å². The van der Waals surface area contributed by atoms with E-state index < -0.39 is 281 Å². The van der Waals surface area contributed by atoms with Gasteiger partial charge in [0.2, 0.25) is 0 Å². The molecule has 20 bridgehead atoms. The van der Waals surface area contributed by atoms with E-state index in [0.29, 0.717) is 11.1 Å². The van der Waals surface area contributed by atoms with E-state index in [-0.39, 0.29) is 16.2 Å². The molecule has 23 aliphatic heterocycles. The van der Waals surface area contributed by atoms with E-state index >= 15 is 0 Å². The van der Waals surface area contributed by atoms with E-state index in [1.807, 2.05) is 0 Å². The number of hydrogen-bond acceptors (Lipinski definition) is 39. The maximum absolute atomic E-state index is 14.6. The molecule has 23 aliphatic rings. The lowest BCUT2D eigenvalue weighted by molar-refractivity contribution is -0.402. The van der Waals surface area contributed by atoms with Gasteiger partial charge in [0, 0.05) is 99.5 Å². The maximum Gasteiger partial charge on any atom is 0.297 e. The van der Waals surface area contributed by atoms with Crippen LogP contribution in [0.3, 0.4) is 0 Å². The summed E-state index contributed by atoms with van der Waals surface area (Å²) in [6.07, 6.45) is -49.0. The van der Waals surface area contributed by atoms with Crippen LogP contribution in [0, 0.1) is 0 Å². The smallest absolute Gasteiger partial charge is 0.297 e. The molecule has 23 heterocycles. The van der Waals surface area contributed by atoms with E-state index in [1.54, 1.807) is 24.3 Å². The number of methoxy groups -OCH3 is 14. The molecule has 0 aliphatic carbocycles. The van der Waals surface area contributed by atoms with E-state index in [2.05, 4.69) is 0 Å². The van der Waals surface area contributed by atoms with Crippen LogP contribution in [-0.4, -0.2) is 403 Å². The third-order valence-electron chi connectivity index (χ3n) is 21.5. The molecule has 35 unspecified atom stereocenters. The predicted octanol–water partition coefficient (Wildman–Crippen LogP) is -3.34. The highest BCUT2D eigenvalue weighted by Gasteiger charge is 2.62. The average molecular weight is 1620 g/mol. The number of aliphatic hydroxyl groups is 5. The Morgan fingerprint density at radius 2 is 0.445 bits per heavy atom. The molecule has 16 fully saturated rings. The summed E-state index contributed by atoms with van der Waals surface area (Å²) in [6, 6.07) is 11.5. The van der Waals surface area contributed by atoms with Crippen LogP contribution >= 0.6 is 0 Å². The lowest BCUT2D eigenvalue weighted by Gasteiger charge is -2.52. The first kappa shape index (κ1) is 87.8. The topological polar surface area (TPSA) is 446 Å². The second-order valence-corrected chi connectivity index (χ2v) is 30.4. The summed E-state index contributed by atoms with van der Waals surface area (Å²) in [5.74, 6) is 0. The van der Waals surface area contributed by atoms with Gasteiger partial charge in [-0.2, -0.15) is 16.8 Å². The van der Waals surface area contributed by atoms with Crippen LogP contribution in [0.1, 0.15) is 11.1 Å². The average Bonchev–Trinajstić information content (AvgIpc) is 0.767. The number of rotatable bonds is 19. The zero-order valence-electron chi connectivity index (χ0n) is 63.4. The van der Waals surface area contributed by atoms with Crippen LogP contribution in [0.2, 0.25) is 0 Å². The number of benzene rings is 2. The lowest BCUT2D eigenvalue weighted by Crippen LogP contribution is -2.69. The zero-order valence-corrected chi connectivity index (χ0v) is 65.0. The molecule has 0 saturated carbocycles. The van der Waals surface area contributed by atoms with Gasteiger partial charge in [-0.3, -0.25) is 8.37 Å². The Morgan fingerprint density at radius 3 is 0.636 bits per heavy atom. The molecule has 628 valence electrons. The summed E-state index contributed by atoms with van der Waals surface area (Å²) >= 11 is 0. The molecule has 0 radical (unpaired) electrons. The number of ether oxygens (including phenoxy) is 28. The summed E-state index contributed by atoms with van der Waals surface area (Å²) in [5.41, 5.74) is 1.20. The Labute approximate surface area is 637 Å². The molecular formula is C69H106O39S2. The minimum atomic E-state index is -4.73. The minimum absolute atomic E-state index is 0.179. The van der Waals surface area contributed by atoms with Crippen molar-refractivity contribution in [2.24, 2.45) is 0 Å². The largest absolute Gasteiger partial charge is 0.394 e. The molecule has 0 aromatic heterocycles. The van der Waals surface area contributed by atoms with Gasteiger partial charge in [-0.1, -0.05) is 24.3 Å². The Balaban J connectivity index is 1.07. The van der Waals surface area contributed by atoms with Gasteiger partial charge in [0.25, 0.3) is 20.2 Å². The van der Waals surface area contributed by atoms with Gasteiger partial charge in [0.05, 0.1) is 56.0 Å². The van der Waals surface area contributed by atoms with Crippen molar-refractivity contribution in [1.29, 1.82) is 0 Å². The SMILES string of the molecule is COC1C2OC(CO)C(OC3OC(CO)C(OC4OC5COS(=O)(=O)c6ccc(cc6)Cc6ccc(cc6)S(=O)(=O)OCC6OC(OC7C(CO)OC(OC8C(CO)OC(OC5C(OC)C4OC)C(OC)C8OC)C(OC)C7OC)C(OC)C(OC)C6OC4OC(CO)C(O2)C(OC)C4OC)C(OC)C3OC)C1OC. The highest BCUT2D eigenvalue weighted by molar-refractivity contribution is 7.87. The van der Waals surface area contributed by atoms with Crippen LogP contribution in [0.4, 0.5) is 0 Å². The van der Waals surface area contributed by atoms with Gasteiger partial charge in [-0.25, -0.2) is 0 Å². The molecule has 2 aromatic carbocycles. The Morgan fingerprint density at radius 1 is 0.264 bits per heavy atom. The summed E-state index contributed by atoms with van der Waals surface area (Å²) in [5, 5.41) is 56.9. The quantitative estimate of drug-likeness (QED) is 0.0858. The summed E-state index contributed by atoms with van der Waals surface area (Å²) in [4.78, 5) is -0.582. The predicted molar refractivity (Wildman–Crippen MR) is 363 cm³/mol. The molecule has 0 amide bonds. The van der Waals surface area contributed by atoms with E-state index in [1.165, 1.54) is 124 Å². The van der Waals surface area contributed by atoms with Crippen molar-refractivity contribution in [3.05, 3.63) is 59.7 Å².